The van der Waals surface area contributed by atoms with Gasteiger partial charge in [-0.15, -0.1) is 0 Å². The molecular weight excluding hydrogens is 238 g/mol. The van der Waals surface area contributed by atoms with Crippen molar-refractivity contribution in [3.05, 3.63) is 71.3 Å². The van der Waals surface area contributed by atoms with Crippen molar-refractivity contribution in [1.82, 2.24) is 0 Å². The number of nitrogens with zero attached hydrogens (tertiary/aromatic N) is 1. The van der Waals surface area contributed by atoms with Crippen molar-refractivity contribution >= 4 is 6.08 Å². The van der Waals surface area contributed by atoms with E-state index < -0.39 is 5.72 Å². The lowest BCUT2D eigenvalue weighted by atomic mass is 9.99. The third-order valence-corrected chi connectivity index (χ3v) is 3.37. The summed E-state index contributed by atoms with van der Waals surface area (Å²) >= 11 is 0. The fourth-order valence-electron chi connectivity index (χ4n) is 2.29. The first kappa shape index (κ1) is 11.8. The Morgan fingerprint density at radius 1 is 1.11 bits per heavy atom. The topological polar surface area (TPSA) is 42.0 Å². The summed E-state index contributed by atoms with van der Waals surface area (Å²) in [4.78, 5) is 14.6. The molecule has 0 aliphatic carbocycles. The van der Waals surface area contributed by atoms with Crippen LogP contribution < -0.4 is 0 Å². The van der Waals surface area contributed by atoms with E-state index in [2.05, 4.69) is 4.99 Å². The molecule has 0 bridgehead atoms. The van der Waals surface area contributed by atoms with Crippen LogP contribution in [0.2, 0.25) is 0 Å². The molecular formula is C16H13NO2. The minimum absolute atomic E-state index is 0.211. The molecule has 2 atom stereocenters. The Morgan fingerprint density at radius 3 is 2.42 bits per heavy atom. The summed E-state index contributed by atoms with van der Waals surface area (Å²) in [6.07, 6.45) is 1.42. The van der Waals surface area contributed by atoms with Crippen LogP contribution in [0.1, 0.15) is 22.8 Å². The molecule has 1 heterocycles. The van der Waals surface area contributed by atoms with E-state index >= 15 is 0 Å². The molecule has 2 aromatic rings. The average molecular weight is 251 g/mol. The van der Waals surface area contributed by atoms with Crippen molar-refractivity contribution in [2.75, 3.05) is 0 Å². The molecule has 3 rings (SSSR count). The van der Waals surface area contributed by atoms with E-state index in [1.807, 2.05) is 61.5 Å². The summed E-state index contributed by atoms with van der Waals surface area (Å²) in [5.41, 5.74) is 2.20. The number of ether oxygens (including phenoxy) is 1. The van der Waals surface area contributed by atoms with Gasteiger partial charge in [0.05, 0.1) is 0 Å². The fourth-order valence-corrected chi connectivity index (χ4v) is 2.29. The van der Waals surface area contributed by atoms with Gasteiger partial charge in [-0.3, -0.25) is 0 Å². The number of hydrogen-bond acceptors (Lipinski definition) is 3. The molecule has 2 aromatic carbocycles. The van der Waals surface area contributed by atoms with Crippen molar-refractivity contribution < 1.29 is 9.53 Å². The van der Waals surface area contributed by atoms with Crippen LogP contribution in [0.3, 0.4) is 0 Å². The molecule has 2 unspecified atom stereocenters. The second-order valence-electron chi connectivity index (χ2n) is 4.67. The van der Waals surface area contributed by atoms with Crippen LogP contribution in [0.15, 0.2) is 59.6 Å². The highest BCUT2D eigenvalue weighted by atomic mass is 16.6. The summed E-state index contributed by atoms with van der Waals surface area (Å²) in [6, 6.07) is 17.6. The molecule has 1 fully saturated rings. The molecule has 0 N–H and O–H groups in total. The summed E-state index contributed by atoms with van der Waals surface area (Å²) < 4.78 is 5.73. The van der Waals surface area contributed by atoms with Gasteiger partial charge in [0.2, 0.25) is 11.8 Å². The Balaban J connectivity index is 1.98. The Morgan fingerprint density at radius 2 is 1.79 bits per heavy atom. The van der Waals surface area contributed by atoms with E-state index in [9.17, 15) is 4.79 Å². The van der Waals surface area contributed by atoms with Crippen LogP contribution in [0.5, 0.6) is 0 Å². The number of benzene rings is 2. The zero-order valence-corrected chi connectivity index (χ0v) is 10.5. The molecule has 1 aliphatic heterocycles. The molecule has 0 amide bonds. The van der Waals surface area contributed by atoms with Crippen molar-refractivity contribution in [2.45, 2.75) is 18.8 Å². The molecule has 3 nitrogen and oxygen atoms in total. The van der Waals surface area contributed by atoms with Gasteiger partial charge >= 0.3 is 0 Å². The van der Waals surface area contributed by atoms with Crippen LogP contribution >= 0.6 is 0 Å². The van der Waals surface area contributed by atoms with Gasteiger partial charge in [-0.2, -0.15) is 4.99 Å². The number of epoxide rings is 1. The normalized spacial score (nSPS) is 24.6. The standard InChI is InChI=1S/C16H13NO2/c1-12-7-9-13(10-8-12)15-16(19-15,17-11-18)14-5-3-2-4-6-14/h2-10,15H,1H3. The Bertz CT molecular complexity index is 630. The van der Waals surface area contributed by atoms with Gasteiger partial charge in [-0.05, 0) is 12.5 Å². The Hall–Kier alpha value is -2.22. The Labute approximate surface area is 111 Å². The van der Waals surface area contributed by atoms with Gasteiger partial charge in [0.25, 0.3) is 0 Å². The summed E-state index contributed by atoms with van der Waals surface area (Å²) in [7, 11) is 0. The first-order chi connectivity index (χ1) is 9.26. The number of carbonyl (C=O) groups excluding carboxylic acids is 1. The number of aryl methyl sites for hydroxylation is 1. The number of aliphatic imine (C=N–C) groups is 1. The van der Waals surface area contributed by atoms with E-state index in [4.69, 9.17) is 4.74 Å². The molecule has 0 radical (unpaired) electrons. The highest BCUT2D eigenvalue weighted by Gasteiger charge is 2.59. The average Bonchev–Trinajstić information content (AvgIpc) is 3.17. The maximum absolute atomic E-state index is 10.7. The van der Waals surface area contributed by atoms with Crippen LogP contribution in [0.4, 0.5) is 0 Å². The Kier molecular flexibility index (Phi) is 2.79. The fraction of sp³-hybridized carbons (Fsp3) is 0.188. The van der Waals surface area contributed by atoms with Gasteiger partial charge in [0.1, 0.15) is 6.10 Å². The second kappa shape index (κ2) is 4.47. The largest absolute Gasteiger partial charge is 0.333 e. The van der Waals surface area contributed by atoms with Gasteiger partial charge in [-0.25, -0.2) is 4.79 Å². The molecule has 1 saturated heterocycles. The maximum atomic E-state index is 10.7. The first-order valence-electron chi connectivity index (χ1n) is 6.15. The summed E-state index contributed by atoms with van der Waals surface area (Å²) in [5, 5.41) is 0. The van der Waals surface area contributed by atoms with Crippen LogP contribution in [-0.4, -0.2) is 6.08 Å². The monoisotopic (exact) mass is 251 g/mol. The lowest BCUT2D eigenvalue weighted by Crippen LogP contribution is -2.06. The zero-order valence-electron chi connectivity index (χ0n) is 10.5. The number of hydrogen-bond donors (Lipinski definition) is 0. The SMILES string of the molecule is Cc1ccc(C2OC2(N=C=O)c2ccccc2)cc1. The van der Waals surface area contributed by atoms with Crippen LogP contribution in [0.25, 0.3) is 0 Å². The number of isocyanates is 1. The number of rotatable bonds is 3. The molecule has 0 saturated carbocycles. The molecule has 19 heavy (non-hydrogen) atoms. The van der Waals surface area contributed by atoms with Crippen molar-refractivity contribution in [3.63, 3.8) is 0 Å². The van der Waals surface area contributed by atoms with E-state index in [-0.39, 0.29) is 6.10 Å². The van der Waals surface area contributed by atoms with Gasteiger partial charge in [0.15, 0.2) is 0 Å². The van der Waals surface area contributed by atoms with E-state index in [1.165, 1.54) is 5.56 Å². The molecule has 0 aromatic heterocycles. The van der Waals surface area contributed by atoms with Crippen LogP contribution in [0, 0.1) is 6.92 Å². The molecule has 3 heteroatoms. The third-order valence-electron chi connectivity index (χ3n) is 3.37. The maximum Gasteiger partial charge on any atom is 0.238 e. The predicted octanol–water partition coefficient (Wildman–Crippen LogP) is 3.26. The van der Waals surface area contributed by atoms with Crippen molar-refractivity contribution in [1.29, 1.82) is 0 Å². The quantitative estimate of drug-likeness (QED) is 0.477. The molecule has 1 aliphatic rings. The predicted molar refractivity (Wildman–Crippen MR) is 71.2 cm³/mol. The second-order valence-corrected chi connectivity index (χ2v) is 4.67. The first-order valence-corrected chi connectivity index (χ1v) is 6.15. The summed E-state index contributed by atoms with van der Waals surface area (Å²) in [6.45, 7) is 2.03. The third kappa shape index (κ3) is 1.99. The van der Waals surface area contributed by atoms with E-state index in [0.29, 0.717) is 0 Å². The van der Waals surface area contributed by atoms with E-state index in [0.717, 1.165) is 11.1 Å². The zero-order chi connectivity index (χ0) is 13.3. The minimum Gasteiger partial charge on any atom is -0.333 e. The van der Waals surface area contributed by atoms with Gasteiger partial charge < -0.3 is 4.74 Å². The van der Waals surface area contributed by atoms with Gasteiger partial charge in [-0.1, -0.05) is 60.2 Å². The minimum atomic E-state index is -0.891. The summed E-state index contributed by atoms with van der Waals surface area (Å²) in [5.74, 6) is 0. The highest BCUT2D eigenvalue weighted by molar-refractivity contribution is 5.43. The van der Waals surface area contributed by atoms with E-state index in [1.54, 1.807) is 6.08 Å². The molecule has 0 spiro atoms. The van der Waals surface area contributed by atoms with Crippen molar-refractivity contribution in [2.24, 2.45) is 4.99 Å². The highest BCUT2D eigenvalue weighted by Crippen LogP contribution is 2.57. The smallest absolute Gasteiger partial charge is 0.238 e. The lowest BCUT2D eigenvalue weighted by Gasteiger charge is -2.06. The van der Waals surface area contributed by atoms with Gasteiger partial charge in [0, 0.05) is 5.56 Å². The van der Waals surface area contributed by atoms with Crippen LogP contribution in [-0.2, 0) is 15.3 Å². The lowest BCUT2D eigenvalue weighted by molar-refractivity contribution is 0.304. The molecule has 94 valence electrons. The van der Waals surface area contributed by atoms with Crippen molar-refractivity contribution in [3.8, 4) is 0 Å².